The number of thioether (sulfide) groups is 1. The minimum absolute atomic E-state index is 0.0899. The number of rotatable bonds is 4. The predicted octanol–water partition coefficient (Wildman–Crippen LogP) is 1.15. The van der Waals surface area contributed by atoms with Gasteiger partial charge in [0.2, 0.25) is 5.95 Å². The Kier molecular flexibility index (Phi) is 3.60. The van der Waals surface area contributed by atoms with Gasteiger partial charge in [0, 0.05) is 5.75 Å². The Balaban J connectivity index is 1.64. The fourth-order valence-electron chi connectivity index (χ4n) is 3.19. The fourth-order valence-corrected chi connectivity index (χ4v) is 4.49. The van der Waals surface area contributed by atoms with Crippen LogP contribution in [0, 0.1) is 0 Å². The molecular formula is C16H16N4O4S. The quantitative estimate of drug-likeness (QED) is 0.790. The van der Waals surface area contributed by atoms with Crippen LogP contribution in [0.15, 0.2) is 35.5 Å². The molecule has 0 saturated carbocycles. The summed E-state index contributed by atoms with van der Waals surface area (Å²) in [4.78, 5) is 35.2. The Morgan fingerprint density at radius 3 is 2.92 bits per heavy atom. The number of hydrogen-bond donors (Lipinski definition) is 2. The normalized spacial score (nSPS) is 22.6. The van der Waals surface area contributed by atoms with Crippen LogP contribution < -0.4 is 10.2 Å². The number of aromatic nitrogens is 2. The monoisotopic (exact) mass is 360 g/mol. The highest BCUT2D eigenvalue weighted by molar-refractivity contribution is 8.00. The Hall–Kier alpha value is -2.68. The molecule has 25 heavy (non-hydrogen) atoms. The molecule has 2 aromatic rings. The number of imidazole rings is 1. The van der Waals surface area contributed by atoms with Gasteiger partial charge in [-0.25, -0.2) is 9.78 Å². The highest BCUT2D eigenvalue weighted by atomic mass is 32.2. The summed E-state index contributed by atoms with van der Waals surface area (Å²) < 4.78 is 1.53. The number of anilines is 1. The second kappa shape index (κ2) is 5.69. The SMILES string of the molecule is COn1c(NC2C(=O)N3C(C(=O)O)=C(C)CS[C@H]23)nc2ccccc21. The average Bonchev–Trinajstić information content (AvgIpc) is 2.96. The van der Waals surface area contributed by atoms with Crippen LogP contribution >= 0.6 is 11.8 Å². The number of aliphatic carboxylic acids is 1. The maximum Gasteiger partial charge on any atom is 0.352 e. The molecule has 0 bridgehead atoms. The molecule has 0 aliphatic carbocycles. The third kappa shape index (κ3) is 2.26. The summed E-state index contributed by atoms with van der Waals surface area (Å²) in [6, 6.07) is 6.94. The van der Waals surface area contributed by atoms with E-state index in [-0.39, 0.29) is 17.0 Å². The van der Waals surface area contributed by atoms with Crippen LogP contribution in [0.1, 0.15) is 6.92 Å². The van der Waals surface area contributed by atoms with Gasteiger partial charge in [-0.3, -0.25) is 9.69 Å². The van der Waals surface area contributed by atoms with E-state index in [1.165, 1.54) is 28.5 Å². The van der Waals surface area contributed by atoms with Gasteiger partial charge in [0.25, 0.3) is 5.91 Å². The van der Waals surface area contributed by atoms with Gasteiger partial charge in [0.15, 0.2) is 0 Å². The topological polar surface area (TPSA) is 96.7 Å². The number of benzene rings is 1. The summed E-state index contributed by atoms with van der Waals surface area (Å²) in [5.74, 6) is -0.345. The van der Waals surface area contributed by atoms with Crippen LogP contribution in [0.5, 0.6) is 0 Å². The molecule has 130 valence electrons. The fraction of sp³-hybridized carbons (Fsp3) is 0.312. The van der Waals surface area contributed by atoms with Gasteiger partial charge in [-0.15, -0.1) is 16.5 Å². The van der Waals surface area contributed by atoms with E-state index in [9.17, 15) is 14.7 Å². The minimum atomic E-state index is -1.07. The second-order valence-electron chi connectivity index (χ2n) is 5.87. The third-order valence-electron chi connectivity index (χ3n) is 4.35. The van der Waals surface area contributed by atoms with Gasteiger partial charge in [-0.1, -0.05) is 12.1 Å². The first kappa shape index (κ1) is 15.8. The number of para-hydroxylation sites is 2. The average molecular weight is 360 g/mol. The zero-order chi connectivity index (χ0) is 17.7. The van der Waals surface area contributed by atoms with E-state index in [4.69, 9.17) is 4.84 Å². The number of nitrogens with zero attached hydrogens (tertiary/aromatic N) is 3. The summed E-state index contributed by atoms with van der Waals surface area (Å²) in [5, 5.41) is 12.2. The molecule has 3 heterocycles. The summed E-state index contributed by atoms with van der Waals surface area (Å²) in [5.41, 5.74) is 2.32. The molecule has 1 saturated heterocycles. The van der Waals surface area contributed by atoms with Crippen molar-refractivity contribution in [3.05, 3.63) is 35.5 Å². The van der Waals surface area contributed by atoms with E-state index in [1.807, 2.05) is 24.3 Å². The Morgan fingerprint density at radius 2 is 2.20 bits per heavy atom. The minimum Gasteiger partial charge on any atom is -0.477 e. The smallest absolute Gasteiger partial charge is 0.352 e. The number of amides is 1. The summed E-state index contributed by atoms with van der Waals surface area (Å²) in [6.07, 6.45) is 0. The van der Waals surface area contributed by atoms with Crippen molar-refractivity contribution >= 4 is 40.6 Å². The maximum absolute atomic E-state index is 12.6. The molecule has 1 fully saturated rings. The molecule has 0 spiro atoms. The number of carboxylic acid groups (broad SMARTS) is 1. The first-order chi connectivity index (χ1) is 12.0. The van der Waals surface area contributed by atoms with Gasteiger partial charge in [0.1, 0.15) is 29.7 Å². The molecule has 1 amide bonds. The van der Waals surface area contributed by atoms with Crippen molar-refractivity contribution in [3.8, 4) is 0 Å². The maximum atomic E-state index is 12.6. The van der Waals surface area contributed by atoms with Crippen LogP contribution in [0.2, 0.25) is 0 Å². The van der Waals surface area contributed by atoms with E-state index in [1.54, 1.807) is 6.92 Å². The first-order valence-corrected chi connectivity index (χ1v) is 8.74. The van der Waals surface area contributed by atoms with Gasteiger partial charge in [-0.05, 0) is 24.6 Å². The van der Waals surface area contributed by atoms with Gasteiger partial charge < -0.3 is 15.3 Å². The molecule has 1 aromatic carbocycles. The molecular weight excluding hydrogens is 344 g/mol. The predicted molar refractivity (Wildman–Crippen MR) is 93.1 cm³/mol. The highest BCUT2D eigenvalue weighted by Crippen LogP contribution is 2.41. The van der Waals surface area contributed by atoms with Gasteiger partial charge in [-0.2, -0.15) is 0 Å². The molecule has 2 N–H and O–H groups in total. The zero-order valence-electron chi connectivity index (χ0n) is 13.6. The van der Waals surface area contributed by atoms with Crippen LogP contribution in [-0.2, 0) is 9.59 Å². The Labute approximate surface area is 147 Å². The second-order valence-corrected chi connectivity index (χ2v) is 6.97. The lowest BCUT2D eigenvalue weighted by Gasteiger charge is -2.49. The van der Waals surface area contributed by atoms with Crippen LogP contribution in [0.4, 0.5) is 5.95 Å². The zero-order valence-corrected chi connectivity index (χ0v) is 14.4. The standard InChI is InChI=1S/C16H16N4O4S/c1-8-7-25-14-11(13(21)19(14)12(8)15(22)23)18-16-17-9-5-3-4-6-10(9)20(16)24-2/h3-6,11,14H,7H2,1-2H3,(H,17,18)(H,22,23)/t11?,14-/m1/s1. The van der Waals surface area contributed by atoms with Gasteiger partial charge in [0.05, 0.1) is 5.52 Å². The van der Waals surface area contributed by atoms with E-state index in [2.05, 4.69) is 10.3 Å². The number of hydrogen-bond acceptors (Lipinski definition) is 6. The molecule has 9 heteroatoms. The number of carboxylic acids is 1. The van der Waals surface area contributed by atoms with Crippen LogP contribution in [-0.4, -0.2) is 55.9 Å². The van der Waals surface area contributed by atoms with Crippen molar-refractivity contribution in [2.75, 3.05) is 18.2 Å². The lowest BCUT2D eigenvalue weighted by atomic mass is 10.0. The number of nitrogens with one attached hydrogen (secondary N) is 1. The molecule has 4 rings (SSSR count). The number of fused-ring (bicyclic) bond motifs is 2. The van der Waals surface area contributed by atoms with Crippen molar-refractivity contribution in [2.45, 2.75) is 18.3 Å². The highest BCUT2D eigenvalue weighted by Gasteiger charge is 2.53. The molecule has 1 unspecified atom stereocenters. The van der Waals surface area contributed by atoms with Gasteiger partial charge >= 0.3 is 5.97 Å². The van der Waals surface area contributed by atoms with E-state index in [0.717, 1.165) is 11.0 Å². The van der Waals surface area contributed by atoms with E-state index >= 15 is 0 Å². The molecule has 2 aliphatic heterocycles. The first-order valence-electron chi connectivity index (χ1n) is 7.69. The summed E-state index contributed by atoms with van der Waals surface area (Å²) in [7, 11) is 1.53. The Bertz CT molecular complexity index is 922. The summed E-state index contributed by atoms with van der Waals surface area (Å²) in [6.45, 7) is 1.74. The molecule has 2 atom stereocenters. The number of carbonyl (C=O) groups is 2. The number of carbonyl (C=O) groups excluding carboxylic acids is 1. The largest absolute Gasteiger partial charge is 0.477 e. The Morgan fingerprint density at radius 1 is 1.44 bits per heavy atom. The van der Waals surface area contributed by atoms with Crippen LogP contribution in [0.25, 0.3) is 11.0 Å². The molecule has 2 aliphatic rings. The number of β-lactam (4-membered cyclic amide) rings is 1. The lowest BCUT2D eigenvalue weighted by Crippen LogP contribution is -2.67. The van der Waals surface area contributed by atoms with E-state index in [0.29, 0.717) is 17.3 Å². The van der Waals surface area contributed by atoms with Crippen molar-refractivity contribution in [3.63, 3.8) is 0 Å². The van der Waals surface area contributed by atoms with Crippen molar-refractivity contribution in [2.24, 2.45) is 0 Å². The van der Waals surface area contributed by atoms with Crippen molar-refractivity contribution in [1.29, 1.82) is 0 Å². The third-order valence-corrected chi connectivity index (χ3v) is 5.77. The lowest BCUT2D eigenvalue weighted by molar-refractivity contribution is -0.147. The van der Waals surface area contributed by atoms with Crippen molar-refractivity contribution < 1.29 is 19.5 Å². The van der Waals surface area contributed by atoms with Crippen molar-refractivity contribution in [1.82, 2.24) is 14.6 Å². The summed E-state index contributed by atoms with van der Waals surface area (Å²) >= 11 is 1.54. The van der Waals surface area contributed by atoms with Crippen LogP contribution in [0.3, 0.4) is 0 Å². The molecule has 1 aromatic heterocycles. The van der Waals surface area contributed by atoms with E-state index < -0.39 is 12.0 Å². The molecule has 8 nitrogen and oxygen atoms in total. The molecule has 0 radical (unpaired) electrons.